The molecule has 0 aromatic heterocycles. The maximum atomic E-state index is 11.4. The lowest BCUT2D eigenvalue weighted by atomic mass is 10.4. The summed E-state index contributed by atoms with van der Waals surface area (Å²) in [6, 6.07) is -0.311. The molecular weight excluding hydrogens is 228 g/mol. The molecule has 0 saturated carbocycles. The number of rotatable bonds is 10. The average molecular weight is 258 g/mol. The lowest BCUT2D eigenvalue weighted by Gasteiger charge is -2.27. The highest BCUT2D eigenvalue weighted by Gasteiger charge is 2.12. The van der Waals surface area contributed by atoms with Gasteiger partial charge in [0.2, 0.25) is 0 Å². The summed E-state index contributed by atoms with van der Waals surface area (Å²) in [5, 5.41) is 0. The zero-order chi connectivity index (χ0) is 14.0. The number of urea groups is 1. The number of carbonyl (C=O) groups is 1. The third-order valence-corrected chi connectivity index (χ3v) is 3.47. The van der Waals surface area contributed by atoms with Crippen molar-refractivity contribution in [2.75, 3.05) is 52.4 Å². The molecule has 0 aromatic rings. The van der Waals surface area contributed by atoms with Crippen LogP contribution >= 0.6 is 0 Å². The van der Waals surface area contributed by atoms with Gasteiger partial charge in [-0.1, -0.05) is 27.7 Å². The molecule has 0 aromatic carbocycles. The van der Waals surface area contributed by atoms with Crippen LogP contribution in [0.5, 0.6) is 0 Å². The van der Waals surface area contributed by atoms with E-state index in [1.807, 2.05) is 0 Å². The van der Waals surface area contributed by atoms with Crippen molar-refractivity contribution >= 4 is 6.03 Å². The number of likely N-dealkylation sites (N-methyl/N-ethyl adjacent to an activating group) is 2. The molecule has 0 radical (unpaired) electrons. The van der Waals surface area contributed by atoms with Gasteiger partial charge in [0, 0.05) is 26.2 Å². The Morgan fingerprint density at radius 1 is 0.778 bits per heavy atom. The van der Waals surface area contributed by atoms with E-state index in [0.717, 1.165) is 52.4 Å². The molecule has 0 bridgehead atoms. The number of nitrogens with two attached hydrogens (primary N) is 1. The molecule has 2 amide bonds. The van der Waals surface area contributed by atoms with E-state index in [1.54, 1.807) is 4.90 Å². The number of primary amides is 1. The summed E-state index contributed by atoms with van der Waals surface area (Å²) in [6.45, 7) is 15.8. The number of hydrogen-bond donors (Lipinski definition) is 1. The highest BCUT2D eigenvalue weighted by atomic mass is 16.2. The Balaban J connectivity index is 4.10. The second kappa shape index (κ2) is 10.1. The largest absolute Gasteiger partial charge is 0.351 e. The molecule has 0 atom stereocenters. The lowest BCUT2D eigenvalue weighted by molar-refractivity contribution is 0.180. The lowest BCUT2D eigenvalue weighted by Crippen LogP contribution is -2.45. The summed E-state index contributed by atoms with van der Waals surface area (Å²) in [5.74, 6) is 0. The summed E-state index contributed by atoms with van der Waals surface area (Å²) >= 11 is 0. The van der Waals surface area contributed by atoms with Gasteiger partial charge in [-0.15, -0.1) is 0 Å². The van der Waals surface area contributed by atoms with Gasteiger partial charge in [-0.05, 0) is 26.2 Å². The Kier molecular flexibility index (Phi) is 9.69. The highest BCUT2D eigenvalue weighted by Crippen LogP contribution is 1.95. The molecule has 0 aliphatic carbocycles. The molecule has 0 spiro atoms. The van der Waals surface area contributed by atoms with Crippen molar-refractivity contribution in [3.05, 3.63) is 0 Å². The van der Waals surface area contributed by atoms with E-state index in [0.29, 0.717) is 0 Å². The SMILES string of the molecule is CCN(CC)CCN(CCN(CC)CC)C(N)=O. The summed E-state index contributed by atoms with van der Waals surface area (Å²) in [6.07, 6.45) is 0. The second-order valence-electron chi connectivity index (χ2n) is 4.38. The van der Waals surface area contributed by atoms with Gasteiger partial charge in [0.15, 0.2) is 0 Å². The summed E-state index contributed by atoms with van der Waals surface area (Å²) < 4.78 is 0. The molecule has 0 aliphatic rings. The van der Waals surface area contributed by atoms with Gasteiger partial charge in [-0.25, -0.2) is 4.79 Å². The Morgan fingerprint density at radius 3 is 1.33 bits per heavy atom. The van der Waals surface area contributed by atoms with Crippen LogP contribution in [0.15, 0.2) is 0 Å². The maximum Gasteiger partial charge on any atom is 0.314 e. The van der Waals surface area contributed by atoms with Crippen molar-refractivity contribution in [2.24, 2.45) is 5.73 Å². The van der Waals surface area contributed by atoms with Gasteiger partial charge in [-0.3, -0.25) is 0 Å². The summed E-state index contributed by atoms with van der Waals surface area (Å²) in [4.78, 5) is 17.7. The Hall–Kier alpha value is -0.810. The van der Waals surface area contributed by atoms with Crippen LogP contribution in [-0.2, 0) is 0 Å². The van der Waals surface area contributed by atoms with E-state index in [1.165, 1.54) is 0 Å². The van der Waals surface area contributed by atoms with Gasteiger partial charge in [0.1, 0.15) is 0 Å². The molecule has 0 heterocycles. The monoisotopic (exact) mass is 258 g/mol. The van der Waals surface area contributed by atoms with Crippen molar-refractivity contribution in [1.29, 1.82) is 0 Å². The van der Waals surface area contributed by atoms with Crippen LogP contribution in [0.4, 0.5) is 4.79 Å². The molecule has 5 heteroatoms. The second-order valence-corrected chi connectivity index (χ2v) is 4.38. The van der Waals surface area contributed by atoms with Gasteiger partial charge in [0.05, 0.1) is 0 Å². The van der Waals surface area contributed by atoms with Gasteiger partial charge >= 0.3 is 6.03 Å². The Labute approximate surface area is 112 Å². The van der Waals surface area contributed by atoms with Crippen molar-refractivity contribution < 1.29 is 4.79 Å². The standard InChI is InChI=1S/C13H30N4O/c1-5-15(6-2)9-11-17(13(14)18)12-10-16(7-3)8-4/h5-12H2,1-4H3,(H2,14,18). The molecule has 0 fully saturated rings. The first-order valence-electron chi connectivity index (χ1n) is 7.07. The Morgan fingerprint density at radius 2 is 1.11 bits per heavy atom. The summed E-state index contributed by atoms with van der Waals surface area (Å²) in [7, 11) is 0. The van der Waals surface area contributed by atoms with Gasteiger partial charge < -0.3 is 20.4 Å². The summed E-state index contributed by atoms with van der Waals surface area (Å²) in [5.41, 5.74) is 5.42. The van der Waals surface area contributed by atoms with Crippen LogP contribution in [0, 0.1) is 0 Å². The fourth-order valence-electron chi connectivity index (χ4n) is 1.94. The molecule has 18 heavy (non-hydrogen) atoms. The zero-order valence-corrected chi connectivity index (χ0v) is 12.5. The molecule has 108 valence electrons. The van der Waals surface area contributed by atoms with Crippen LogP contribution in [0.25, 0.3) is 0 Å². The first-order valence-corrected chi connectivity index (χ1v) is 7.07. The number of amides is 2. The highest BCUT2D eigenvalue weighted by molar-refractivity contribution is 5.71. The third-order valence-electron chi connectivity index (χ3n) is 3.47. The predicted octanol–water partition coefficient (Wildman–Crippen LogP) is 1.05. The number of hydrogen-bond acceptors (Lipinski definition) is 3. The average Bonchev–Trinajstić information content (AvgIpc) is 2.37. The molecule has 0 unspecified atom stereocenters. The van der Waals surface area contributed by atoms with E-state index in [-0.39, 0.29) is 6.03 Å². The van der Waals surface area contributed by atoms with Crippen LogP contribution < -0.4 is 5.73 Å². The van der Waals surface area contributed by atoms with E-state index in [9.17, 15) is 4.79 Å². The maximum absolute atomic E-state index is 11.4. The number of nitrogens with zero attached hydrogens (tertiary/aromatic N) is 3. The molecular formula is C13H30N4O. The molecule has 0 saturated heterocycles. The molecule has 0 aliphatic heterocycles. The molecule has 0 rings (SSSR count). The van der Waals surface area contributed by atoms with Gasteiger partial charge in [-0.2, -0.15) is 0 Å². The van der Waals surface area contributed by atoms with Crippen LogP contribution in [0.1, 0.15) is 27.7 Å². The van der Waals surface area contributed by atoms with Crippen LogP contribution in [0.3, 0.4) is 0 Å². The van der Waals surface area contributed by atoms with Gasteiger partial charge in [0.25, 0.3) is 0 Å². The van der Waals surface area contributed by atoms with Crippen molar-refractivity contribution in [3.63, 3.8) is 0 Å². The van der Waals surface area contributed by atoms with E-state index >= 15 is 0 Å². The topological polar surface area (TPSA) is 52.8 Å². The van der Waals surface area contributed by atoms with Crippen LogP contribution in [-0.4, -0.2) is 73.1 Å². The predicted molar refractivity (Wildman–Crippen MR) is 76.7 cm³/mol. The quantitative estimate of drug-likeness (QED) is 0.637. The zero-order valence-electron chi connectivity index (χ0n) is 12.5. The van der Waals surface area contributed by atoms with E-state index in [4.69, 9.17) is 5.73 Å². The van der Waals surface area contributed by atoms with Crippen molar-refractivity contribution in [3.8, 4) is 0 Å². The Bertz CT molecular complexity index is 199. The van der Waals surface area contributed by atoms with Crippen LogP contribution in [0.2, 0.25) is 0 Å². The number of carbonyl (C=O) groups excluding carboxylic acids is 1. The van der Waals surface area contributed by atoms with E-state index < -0.39 is 0 Å². The van der Waals surface area contributed by atoms with Crippen molar-refractivity contribution in [2.45, 2.75) is 27.7 Å². The minimum atomic E-state index is -0.311. The van der Waals surface area contributed by atoms with Crippen molar-refractivity contribution in [1.82, 2.24) is 14.7 Å². The minimum Gasteiger partial charge on any atom is -0.351 e. The third kappa shape index (κ3) is 6.81. The first kappa shape index (κ1) is 17.2. The fraction of sp³-hybridized carbons (Fsp3) is 0.923. The van der Waals surface area contributed by atoms with E-state index in [2.05, 4.69) is 37.5 Å². The fourth-order valence-corrected chi connectivity index (χ4v) is 1.94. The molecule has 5 nitrogen and oxygen atoms in total. The smallest absolute Gasteiger partial charge is 0.314 e. The molecule has 2 N–H and O–H groups in total. The minimum absolute atomic E-state index is 0.311. The normalized spacial score (nSPS) is 11.2. The first-order chi connectivity index (χ1) is 8.58.